The number of benzene rings is 1. The third kappa shape index (κ3) is 3.96. The first-order valence-corrected chi connectivity index (χ1v) is 8.69. The third-order valence-electron chi connectivity index (χ3n) is 2.86. The Balaban J connectivity index is 1.70. The Hall–Kier alpha value is -0.590. The van der Waals surface area contributed by atoms with Crippen LogP contribution in [0.5, 0.6) is 0 Å². The zero-order valence-electron chi connectivity index (χ0n) is 9.93. The first kappa shape index (κ1) is 13.8. The van der Waals surface area contributed by atoms with Gasteiger partial charge in [0, 0.05) is 23.2 Å². The van der Waals surface area contributed by atoms with Crippen LogP contribution in [0.2, 0.25) is 0 Å². The second-order valence-electron chi connectivity index (χ2n) is 4.33. The third-order valence-corrected chi connectivity index (χ3v) is 5.68. The molecule has 0 spiro atoms. The van der Waals surface area contributed by atoms with Crippen LogP contribution >= 0.6 is 11.8 Å². The van der Waals surface area contributed by atoms with Crippen LogP contribution in [0.15, 0.2) is 29.2 Å². The number of hydrogen-bond acceptors (Lipinski definition) is 4. The molecule has 1 aromatic carbocycles. The molecular formula is C12H16FNO2S2. The molecule has 18 heavy (non-hydrogen) atoms. The van der Waals surface area contributed by atoms with Gasteiger partial charge in [-0.15, -0.1) is 11.8 Å². The lowest BCUT2D eigenvalue weighted by Crippen LogP contribution is -2.31. The molecule has 1 unspecified atom stereocenters. The molecule has 0 amide bonds. The highest BCUT2D eigenvalue weighted by Crippen LogP contribution is 2.20. The summed E-state index contributed by atoms with van der Waals surface area (Å²) >= 11 is 1.44. The quantitative estimate of drug-likeness (QED) is 0.662. The molecule has 1 aliphatic heterocycles. The van der Waals surface area contributed by atoms with E-state index in [2.05, 4.69) is 5.32 Å². The van der Waals surface area contributed by atoms with E-state index in [4.69, 9.17) is 0 Å². The summed E-state index contributed by atoms with van der Waals surface area (Å²) in [6.45, 7) is 0.694. The van der Waals surface area contributed by atoms with Crippen LogP contribution in [0, 0.1) is 5.82 Å². The van der Waals surface area contributed by atoms with E-state index in [0.717, 1.165) is 5.75 Å². The molecule has 2 rings (SSSR count). The van der Waals surface area contributed by atoms with Crippen molar-refractivity contribution in [1.29, 1.82) is 0 Å². The predicted octanol–water partition coefficient (Wildman–Crippen LogP) is 1.69. The number of thioether (sulfide) groups is 1. The molecule has 0 radical (unpaired) electrons. The van der Waals surface area contributed by atoms with E-state index in [1.54, 1.807) is 12.1 Å². The van der Waals surface area contributed by atoms with Gasteiger partial charge < -0.3 is 5.32 Å². The summed E-state index contributed by atoms with van der Waals surface area (Å²) in [5.41, 5.74) is 0. The molecule has 1 heterocycles. The number of nitrogens with one attached hydrogen (secondary N) is 1. The molecule has 1 saturated heterocycles. The van der Waals surface area contributed by atoms with E-state index in [9.17, 15) is 12.8 Å². The van der Waals surface area contributed by atoms with Crippen LogP contribution in [0.25, 0.3) is 0 Å². The summed E-state index contributed by atoms with van der Waals surface area (Å²) in [4.78, 5) is 0.637. The highest BCUT2D eigenvalue weighted by atomic mass is 32.2. The Kier molecular flexibility index (Phi) is 4.64. The van der Waals surface area contributed by atoms with Crippen LogP contribution in [0.4, 0.5) is 4.39 Å². The number of sulfone groups is 1. The Morgan fingerprint density at radius 1 is 1.39 bits per heavy atom. The lowest BCUT2D eigenvalue weighted by Gasteiger charge is -2.10. The first-order chi connectivity index (χ1) is 8.57. The predicted molar refractivity (Wildman–Crippen MR) is 72.2 cm³/mol. The standard InChI is InChI=1S/C12H16FNO2S2/c13-11-3-1-2-4-12(11)17-7-6-14-10-5-8-18(15,16)9-10/h1-4,10,14H,5-9H2. The Morgan fingerprint density at radius 2 is 2.17 bits per heavy atom. The Bertz CT molecular complexity index is 505. The lowest BCUT2D eigenvalue weighted by atomic mass is 10.3. The van der Waals surface area contributed by atoms with Crippen LogP contribution in [0.3, 0.4) is 0 Å². The second-order valence-corrected chi connectivity index (χ2v) is 7.70. The van der Waals surface area contributed by atoms with Crippen molar-refractivity contribution in [2.45, 2.75) is 17.4 Å². The van der Waals surface area contributed by atoms with Gasteiger partial charge in [0.05, 0.1) is 11.5 Å². The van der Waals surface area contributed by atoms with Gasteiger partial charge in [-0.3, -0.25) is 0 Å². The number of halogens is 1. The maximum atomic E-state index is 13.3. The topological polar surface area (TPSA) is 46.2 Å². The number of rotatable bonds is 5. The smallest absolute Gasteiger partial charge is 0.151 e. The van der Waals surface area contributed by atoms with E-state index in [0.29, 0.717) is 17.9 Å². The van der Waals surface area contributed by atoms with Crippen molar-refractivity contribution in [2.75, 3.05) is 23.8 Å². The van der Waals surface area contributed by atoms with Crippen molar-refractivity contribution in [1.82, 2.24) is 5.32 Å². The molecular weight excluding hydrogens is 273 g/mol. The second kappa shape index (κ2) is 6.04. The van der Waals surface area contributed by atoms with Gasteiger partial charge in [0.2, 0.25) is 0 Å². The van der Waals surface area contributed by atoms with Crippen molar-refractivity contribution in [2.24, 2.45) is 0 Å². The molecule has 1 aliphatic rings. The summed E-state index contributed by atoms with van der Waals surface area (Å²) in [5, 5.41) is 3.20. The molecule has 6 heteroatoms. The molecule has 100 valence electrons. The average molecular weight is 289 g/mol. The van der Waals surface area contributed by atoms with Gasteiger partial charge in [-0.2, -0.15) is 0 Å². The highest BCUT2D eigenvalue weighted by Gasteiger charge is 2.26. The monoisotopic (exact) mass is 289 g/mol. The van der Waals surface area contributed by atoms with Crippen LogP contribution in [0.1, 0.15) is 6.42 Å². The summed E-state index contributed by atoms with van der Waals surface area (Å²) in [6, 6.07) is 6.74. The van der Waals surface area contributed by atoms with Crippen LogP contribution in [-0.2, 0) is 9.84 Å². The van der Waals surface area contributed by atoms with Gasteiger partial charge in [-0.25, -0.2) is 12.8 Å². The average Bonchev–Trinajstić information content (AvgIpc) is 2.67. The van der Waals surface area contributed by atoms with Gasteiger partial charge >= 0.3 is 0 Å². The fraction of sp³-hybridized carbons (Fsp3) is 0.500. The van der Waals surface area contributed by atoms with Crippen LogP contribution < -0.4 is 5.32 Å². The van der Waals surface area contributed by atoms with Gasteiger partial charge in [-0.1, -0.05) is 12.1 Å². The molecule has 3 nitrogen and oxygen atoms in total. The molecule has 0 aliphatic carbocycles. The van der Waals surface area contributed by atoms with Crippen molar-refractivity contribution >= 4 is 21.6 Å². The molecule has 1 aromatic rings. The molecule has 0 aromatic heterocycles. The molecule has 1 atom stereocenters. The minimum Gasteiger partial charge on any atom is -0.312 e. The van der Waals surface area contributed by atoms with Gasteiger partial charge in [0.15, 0.2) is 9.84 Å². The zero-order chi connectivity index (χ0) is 13.0. The van der Waals surface area contributed by atoms with E-state index in [-0.39, 0.29) is 23.4 Å². The van der Waals surface area contributed by atoms with Crippen molar-refractivity contribution in [3.63, 3.8) is 0 Å². The lowest BCUT2D eigenvalue weighted by molar-refractivity contribution is 0.574. The normalized spacial score (nSPS) is 22.2. The zero-order valence-corrected chi connectivity index (χ0v) is 11.6. The largest absolute Gasteiger partial charge is 0.312 e. The molecule has 0 bridgehead atoms. The fourth-order valence-corrected chi connectivity index (χ4v) is 4.47. The van der Waals surface area contributed by atoms with Crippen molar-refractivity contribution in [3.05, 3.63) is 30.1 Å². The van der Waals surface area contributed by atoms with Gasteiger partial charge in [0.25, 0.3) is 0 Å². The summed E-state index contributed by atoms with van der Waals surface area (Å²) < 4.78 is 35.8. The van der Waals surface area contributed by atoms with Crippen LogP contribution in [-0.4, -0.2) is 38.3 Å². The molecule has 1 fully saturated rings. The van der Waals surface area contributed by atoms with Crippen molar-refractivity contribution in [3.8, 4) is 0 Å². The molecule has 1 N–H and O–H groups in total. The van der Waals surface area contributed by atoms with E-state index < -0.39 is 9.84 Å². The summed E-state index contributed by atoms with van der Waals surface area (Å²) in [5.74, 6) is 1.05. The van der Waals surface area contributed by atoms with E-state index in [1.807, 2.05) is 6.07 Å². The van der Waals surface area contributed by atoms with Gasteiger partial charge in [0.1, 0.15) is 5.82 Å². The maximum absolute atomic E-state index is 13.3. The Labute approximate surface area is 111 Å². The number of hydrogen-bond donors (Lipinski definition) is 1. The van der Waals surface area contributed by atoms with E-state index in [1.165, 1.54) is 17.8 Å². The minimum absolute atomic E-state index is 0.0659. The van der Waals surface area contributed by atoms with Crippen molar-refractivity contribution < 1.29 is 12.8 Å². The van der Waals surface area contributed by atoms with Gasteiger partial charge in [-0.05, 0) is 18.6 Å². The summed E-state index contributed by atoms with van der Waals surface area (Å²) in [7, 11) is -2.82. The SMILES string of the molecule is O=S1(=O)CCC(NCCSc2ccccc2F)C1. The first-order valence-electron chi connectivity index (χ1n) is 5.88. The molecule has 0 saturated carbocycles. The minimum atomic E-state index is -2.82. The fourth-order valence-electron chi connectivity index (χ4n) is 1.94. The van der Waals surface area contributed by atoms with E-state index >= 15 is 0 Å². The Morgan fingerprint density at radius 3 is 2.83 bits per heavy atom. The highest BCUT2D eigenvalue weighted by molar-refractivity contribution is 7.99. The maximum Gasteiger partial charge on any atom is 0.151 e. The summed E-state index contributed by atoms with van der Waals surface area (Å²) in [6.07, 6.45) is 0.687.